The van der Waals surface area contributed by atoms with E-state index >= 15 is 0 Å². The molecule has 0 aromatic heterocycles. The van der Waals surface area contributed by atoms with Crippen molar-refractivity contribution < 1.29 is 9.47 Å². The van der Waals surface area contributed by atoms with Crippen molar-refractivity contribution >= 4 is 11.6 Å². The zero-order chi connectivity index (χ0) is 11.3. The lowest BCUT2D eigenvalue weighted by Crippen LogP contribution is -2.31. The fourth-order valence-corrected chi connectivity index (χ4v) is 1.55. The normalized spacial score (nSPS) is 12.5. The standard InChI is InChI=1S/C10H15ClN2O2/c1-14-6-9(13-12)8-5-7(11)3-4-10(8)15-2/h3-5,9,13H,6,12H2,1-2H3. The maximum Gasteiger partial charge on any atom is 0.123 e. The minimum Gasteiger partial charge on any atom is -0.496 e. The fraction of sp³-hybridized carbons (Fsp3) is 0.400. The van der Waals surface area contributed by atoms with Crippen molar-refractivity contribution in [3.63, 3.8) is 0 Å². The van der Waals surface area contributed by atoms with Crippen LogP contribution in [0.5, 0.6) is 5.75 Å². The number of rotatable bonds is 5. The van der Waals surface area contributed by atoms with Gasteiger partial charge in [-0.05, 0) is 18.2 Å². The summed E-state index contributed by atoms with van der Waals surface area (Å²) < 4.78 is 10.3. The van der Waals surface area contributed by atoms with Gasteiger partial charge in [-0.15, -0.1) is 0 Å². The van der Waals surface area contributed by atoms with E-state index in [1.54, 1.807) is 26.4 Å². The maximum atomic E-state index is 5.91. The van der Waals surface area contributed by atoms with Crippen LogP contribution >= 0.6 is 11.6 Å². The van der Waals surface area contributed by atoms with E-state index in [2.05, 4.69) is 5.43 Å². The second kappa shape index (κ2) is 5.92. The molecule has 0 aliphatic rings. The van der Waals surface area contributed by atoms with Gasteiger partial charge in [0.05, 0.1) is 19.8 Å². The van der Waals surface area contributed by atoms with Crippen LogP contribution in [0.15, 0.2) is 18.2 Å². The highest BCUT2D eigenvalue weighted by atomic mass is 35.5. The number of hydrazine groups is 1. The third-order valence-corrected chi connectivity index (χ3v) is 2.34. The van der Waals surface area contributed by atoms with E-state index in [4.69, 9.17) is 26.9 Å². The van der Waals surface area contributed by atoms with Crippen LogP contribution in [-0.2, 0) is 4.74 Å². The summed E-state index contributed by atoms with van der Waals surface area (Å²) in [7, 11) is 3.22. The first-order valence-electron chi connectivity index (χ1n) is 4.51. The molecule has 0 saturated carbocycles. The Balaban J connectivity index is 3.02. The van der Waals surface area contributed by atoms with Gasteiger partial charge in [-0.2, -0.15) is 0 Å². The topological polar surface area (TPSA) is 56.5 Å². The summed E-state index contributed by atoms with van der Waals surface area (Å²) >= 11 is 5.91. The molecule has 0 spiro atoms. The SMILES string of the molecule is COCC(NN)c1cc(Cl)ccc1OC. The average molecular weight is 231 g/mol. The molecule has 15 heavy (non-hydrogen) atoms. The van der Waals surface area contributed by atoms with Crippen molar-refractivity contribution in [2.75, 3.05) is 20.8 Å². The van der Waals surface area contributed by atoms with E-state index in [-0.39, 0.29) is 6.04 Å². The molecule has 0 fully saturated rings. The number of halogens is 1. The van der Waals surface area contributed by atoms with Gasteiger partial charge in [-0.3, -0.25) is 11.3 Å². The molecule has 0 saturated heterocycles. The Labute approximate surface area is 94.3 Å². The third kappa shape index (κ3) is 3.07. The van der Waals surface area contributed by atoms with Gasteiger partial charge in [0, 0.05) is 17.7 Å². The Morgan fingerprint density at radius 3 is 2.73 bits per heavy atom. The van der Waals surface area contributed by atoms with Gasteiger partial charge in [0.2, 0.25) is 0 Å². The molecule has 4 nitrogen and oxygen atoms in total. The van der Waals surface area contributed by atoms with Crippen LogP contribution in [0, 0.1) is 0 Å². The summed E-state index contributed by atoms with van der Waals surface area (Å²) in [5, 5.41) is 0.641. The van der Waals surface area contributed by atoms with Crippen LogP contribution in [-0.4, -0.2) is 20.8 Å². The van der Waals surface area contributed by atoms with Crippen molar-refractivity contribution in [2.24, 2.45) is 5.84 Å². The van der Waals surface area contributed by atoms with E-state index in [0.717, 1.165) is 11.3 Å². The number of nitrogens with two attached hydrogens (primary N) is 1. The Kier molecular flexibility index (Phi) is 4.84. The Morgan fingerprint density at radius 2 is 2.20 bits per heavy atom. The molecule has 5 heteroatoms. The molecule has 1 atom stereocenters. The summed E-state index contributed by atoms with van der Waals surface area (Å²) in [5.41, 5.74) is 3.54. The first-order chi connectivity index (χ1) is 7.22. The van der Waals surface area contributed by atoms with Crippen molar-refractivity contribution in [1.29, 1.82) is 0 Å². The van der Waals surface area contributed by atoms with Crippen molar-refractivity contribution in [2.45, 2.75) is 6.04 Å². The molecule has 3 N–H and O–H groups in total. The molecule has 84 valence electrons. The lowest BCUT2D eigenvalue weighted by molar-refractivity contribution is 0.166. The predicted molar refractivity (Wildman–Crippen MR) is 59.9 cm³/mol. The minimum absolute atomic E-state index is 0.136. The fourth-order valence-electron chi connectivity index (χ4n) is 1.37. The minimum atomic E-state index is -0.136. The van der Waals surface area contributed by atoms with Crippen molar-refractivity contribution in [3.8, 4) is 5.75 Å². The molecule has 0 heterocycles. The second-order valence-corrected chi connectivity index (χ2v) is 3.50. The van der Waals surface area contributed by atoms with Crippen LogP contribution in [0.3, 0.4) is 0 Å². The summed E-state index contributed by atoms with van der Waals surface area (Å²) in [5.74, 6) is 6.17. The first-order valence-corrected chi connectivity index (χ1v) is 4.89. The number of hydrogen-bond donors (Lipinski definition) is 2. The molecule has 1 aromatic rings. The molecule has 0 aliphatic carbocycles. The molecule has 0 radical (unpaired) electrons. The number of ether oxygens (including phenoxy) is 2. The highest BCUT2D eigenvalue weighted by Gasteiger charge is 2.14. The summed E-state index contributed by atoms with van der Waals surface area (Å²) in [6.07, 6.45) is 0. The van der Waals surface area contributed by atoms with E-state index < -0.39 is 0 Å². The summed E-state index contributed by atoms with van der Waals surface area (Å²) in [6, 6.07) is 5.25. The van der Waals surface area contributed by atoms with Gasteiger partial charge in [0.15, 0.2) is 0 Å². The zero-order valence-corrected chi connectivity index (χ0v) is 9.54. The van der Waals surface area contributed by atoms with Crippen LogP contribution in [0.25, 0.3) is 0 Å². The number of nitrogens with one attached hydrogen (secondary N) is 1. The Morgan fingerprint density at radius 1 is 1.47 bits per heavy atom. The van der Waals surface area contributed by atoms with E-state index in [9.17, 15) is 0 Å². The molecule has 0 aliphatic heterocycles. The van der Waals surface area contributed by atoms with E-state index in [1.807, 2.05) is 6.07 Å². The lowest BCUT2D eigenvalue weighted by Gasteiger charge is -2.18. The number of hydrogen-bond acceptors (Lipinski definition) is 4. The molecule has 1 aromatic carbocycles. The maximum absolute atomic E-state index is 5.91. The second-order valence-electron chi connectivity index (χ2n) is 3.06. The molecule has 1 unspecified atom stereocenters. The van der Waals surface area contributed by atoms with Crippen LogP contribution in [0.2, 0.25) is 5.02 Å². The van der Waals surface area contributed by atoms with Gasteiger partial charge >= 0.3 is 0 Å². The van der Waals surface area contributed by atoms with Gasteiger partial charge in [-0.25, -0.2) is 0 Å². The van der Waals surface area contributed by atoms with Crippen molar-refractivity contribution in [3.05, 3.63) is 28.8 Å². The smallest absolute Gasteiger partial charge is 0.123 e. The third-order valence-electron chi connectivity index (χ3n) is 2.10. The largest absolute Gasteiger partial charge is 0.496 e. The lowest BCUT2D eigenvalue weighted by atomic mass is 10.1. The van der Waals surface area contributed by atoms with Gasteiger partial charge in [0.1, 0.15) is 5.75 Å². The molecular weight excluding hydrogens is 216 g/mol. The summed E-state index contributed by atoms with van der Waals surface area (Å²) in [6.45, 7) is 0.452. The Hall–Kier alpha value is -0.810. The predicted octanol–water partition coefficient (Wildman–Crippen LogP) is 1.50. The number of methoxy groups -OCH3 is 2. The average Bonchev–Trinajstić information content (AvgIpc) is 2.26. The molecule has 0 amide bonds. The monoisotopic (exact) mass is 230 g/mol. The van der Waals surface area contributed by atoms with E-state index in [1.165, 1.54) is 0 Å². The number of benzene rings is 1. The first kappa shape index (κ1) is 12.3. The molecule has 0 bridgehead atoms. The van der Waals surface area contributed by atoms with Gasteiger partial charge in [-0.1, -0.05) is 11.6 Å². The van der Waals surface area contributed by atoms with E-state index in [0.29, 0.717) is 11.6 Å². The highest BCUT2D eigenvalue weighted by Crippen LogP contribution is 2.27. The van der Waals surface area contributed by atoms with Crippen LogP contribution in [0.1, 0.15) is 11.6 Å². The van der Waals surface area contributed by atoms with Crippen molar-refractivity contribution in [1.82, 2.24) is 5.43 Å². The van der Waals surface area contributed by atoms with Gasteiger partial charge in [0.25, 0.3) is 0 Å². The zero-order valence-electron chi connectivity index (χ0n) is 8.79. The van der Waals surface area contributed by atoms with Gasteiger partial charge < -0.3 is 9.47 Å². The van der Waals surface area contributed by atoms with Crippen LogP contribution in [0.4, 0.5) is 0 Å². The molecular formula is C10H15ClN2O2. The Bertz CT molecular complexity index is 320. The van der Waals surface area contributed by atoms with Crippen LogP contribution < -0.4 is 16.0 Å². The highest BCUT2D eigenvalue weighted by molar-refractivity contribution is 6.30. The summed E-state index contributed by atoms with van der Waals surface area (Å²) in [4.78, 5) is 0. The quantitative estimate of drug-likeness (QED) is 0.595. The molecule has 1 rings (SSSR count).